The minimum absolute atomic E-state index is 0.103. The van der Waals surface area contributed by atoms with Gasteiger partial charge >= 0.3 is 0 Å². The summed E-state index contributed by atoms with van der Waals surface area (Å²) in [4.78, 5) is 9.09. The van der Waals surface area contributed by atoms with Gasteiger partial charge in [-0.05, 0) is 93.0 Å². The zero-order valence-electron chi connectivity index (χ0n) is 22.1. The fourth-order valence-electron chi connectivity index (χ4n) is 5.88. The van der Waals surface area contributed by atoms with Crippen molar-refractivity contribution in [2.24, 2.45) is 0 Å². The van der Waals surface area contributed by atoms with Gasteiger partial charge in [0.15, 0.2) is 0 Å². The molecule has 0 radical (unpaired) electrons. The van der Waals surface area contributed by atoms with Crippen LogP contribution >= 0.6 is 0 Å². The maximum absolute atomic E-state index is 4.54. The first-order valence-electron chi connectivity index (χ1n) is 13.4. The summed E-state index contributed by atoms with van der Waals surface area (Å²) in [6, 6.07) is 43.3. The molecule has 0 spiro atoms. The molecule has 0 bridgehead atoms. The number of fused-ring (bicyclic) bond motifs is 3. The van der Waals surface area contributed by atoms with Gasteiger partial charge in [-0.2, -0.15) is 0 Å². The normalized spacial score (nSPS) is 13.1. The molecule has 186 valence electrons. The standard InChI is InChI=1S/C37H28N2/c1-37(2)33-23-27(25-9-7-11-29(21-25)35-13-3-5-19-38-35)15-17-31(33)32-18-16-28(24-34(32)37)26-10-8-12-30(22-26)36-14-4-6-20-39-36/h3-24H,1-2H3. The molecule has 2 nitrogen and oxygen atoms in total. The largest absolute Gasteiger partial charge is 0.256 e. The van der Waals surface area contributed by atoms with Gasteiger partial charge in [0.1, 0.15) is 0 Å². The summed E-state index contributed by atoms with van der Waals surface area (Å²) in [5.41, 5.74) is 14.4. The van der Waals surface area contributed by atoms with E-state index in [0.29, 0.717) is 0 Å². The van der Waals surface area contributed by atoms with Crippen molar-refractivity contribution in [1.82, 2.24) is 9.97 Å². The van der Waals surface area contributed by atoms with Gasteiger partial charge in [-0.3, -0.25) is 9.97 Å². The second kappa shape index (κ2) is 9.18. The van der Waals surface area contributed by atoms with Crippen LogP contribution in [0.3, 0.4) is 0 Å². The van der Waals surface area contributed by atoms with Crippen LogP contribution in [0.4, 0.5) is 0 Å². The third-order valence-electron chi connectivity index (χ3n) is 7.99. The molecular weight excluding hydrogens is 472 g/mol. The summed E-state index contributed by atoms with van der Waals surface area (Å²) in [7, 11) is 0. The van der Waals surface area contributed by atoms with Crippen LogP contribution in [0.5, 0.6) is 0 Å². The summed E-state index contributed by atoms with van der Waals surface area (Å²) in [5.74, 6) is 0. The Morgan fingerprint density at radius 1 is 0.410 bits per heavy atom. The first kappa shape index (κ1) is 23.3. The maximum Gasteiger partial charge on any atom is 0.0702 e. The highest BCUT2D eigenvalue weighted by Crippen LogP contribution is 2.50. The molecule has 0 saturated heterocycles. The van der Waals surface area contributed by atoms with E-state index >= 15 is 0 Å². The van der Waals surface area contributed by atoms with Crippen molar-refractivity contribution in [3.05, 3.63) is 145 Å². The Morgan fingerprint density at radius 2 is 0.846 bits per heavy atom. The molecule has 0 fully saturated rings. The molecule has 0 unspecified atom stereocenters. The molecule has 2 heteroatoms. The zero-order chi connectivity index (χ0) is 26.4. The third kappa shape index (κ3) is 4.06. The fraction of sp³-hybridized carbons (Fsp3) is 0.0811. The van der Waals surface area contributed by atoms with Gasteiger partial charge in [0.2, 0.25) is 0 Å². The van der Waals surface area contributed by atoms with Gasteiger partial charge < -0.3 is 0 Å². The number of hydrogen-bond acceptors (Lipinski definition) is 2. The lowest BCUT2D eigenvalue weighted by atomic mass is 9.80. The molecule has 0 amide bonds. The fourth-order valence-corrected chi connectivity index (χ4v) is 5.88. The Kier molecular flexibility index (Phi) is 5.49. The quantitative estimate of drug-likeness (QED) is 0.241. The summed E-state index contributed by atoms with van der Waals surface area (Å²) < 4.78 is 0. The first-order valence-corrected chi connectivity index (χ1v) is 13.4. The predicted octanol–water partition coefficient (Wildman–Crippen LogP) is 9.45. The van der Waals surface area contributed by atoms with Gasteiger partial charge in [0.05, 0.1) is 11.4 Å². The number of hydrogen-bond donors (Lipinski definition) is 0. The summed E-state index contributed by atoms with van der Waals surface area (Å²) >= 11 is 0. The molecule has 0 atom stereocenters. The smallest absolute Gasteiger partial charge is 0.0702 e. The molecule has 6 aromatic rings. The van der Waals surface area contributed by atoms with Crippen molar-refractivity contribution >= 4 is 0 Å². The Hall–Kier alpha value is -4.82. The average Bonchev–Trinajstić information content (AvgIpc) is 3.23. The van der Waals surface area contributed by atoms with E-state index < -0.39 is 0 Å². The van der Waals surface area contributed by atoms with Crippen molar-refractivity contribution < 1.29 is 0 Å². The number of aromatic nitrogens is 2. The van der Waals surface area contributed by atoms with E-state index in [1.165, 1.54) is 44.5 Å². The van der Waals surface area contributed by atoms with Crippen molar-refractivity contribution in [3.8, 4) is 55.9 Å². The lowest BCUT2D eigenvalue weighted by Gasteiger charge is -2.23. The van der Waals surface area contributed by atoms with Crippen molar-refractivity contribution in [2.45, 2.75) is 19.3 Å². The van der Waals surface area contributed by atoms with Crippen LogP contribution in [0.25, 0.3) is 55.9 Å². The van der Waals surface area contributed by atoms with E-state index in [1.807, 2.05) is 36.7 Å². The SMILES string of the molecule is CC1(C)c2cc(-c3cccc(-c4ccccn4)c3)ccc2-c2ccc(-c3cccc(-c4ccccn4)c3)cc21. The van der Waals surface area contributed by atoms with E-state index in [1.54, 1.807) is 0 Å². The van der Waals surface area contributed by atoms with Crippen LogP contribution in [0.15, 0.2) is 134 Å². The topological polar surface area (TPSA) is 25.8 Å². The number of nitrogens with zero attached hydrogens (tertiary/aromatic N) is 2. The van der Waals surface area contributed by atoms with Crippen molar-refractivity contribution in [3.63, 3.8) is 0 Å². The van der Waals surface area contributed by atoms with Crippen LogP contribution in [0.2, 0.25) is 0 Å². The highest BCUT2D eigenvalue weighted by Gasteiger charge is 2.35. The Labute approximate surface area is 229 Å². The van der Waals surface area contributed by atoms with Crippen molar-refractivity contribution in [2.75, 3.05) is 0 Å². The predicted molar refractivity (Wildman–Crippen MR) is 161 cm³/mol. The molecule has 39 heavy (non-hydrogen) atoms. The van der Waals surface area contributed by atoms with E-state index in [-0.39, 0.29) is 5.41 Å². The lowest BCUT2D eigenvalue weighted by molar-refractivity contribution is 0.661. The summed E-state index contributed by atoms with van der Waals surface area (Å²) in [6.07, 6.45) is 3.69. The molecule has 7 rings (SSSR count). The minimum Gasteiger partial charge on any atom is -0.256 e. The molecular formula is C37H28N2. The van der Waals surface area contributed by atoms with Crippen LogP contribution in [-0.4, -0.2) is 9.97 Å². The van der Waals surface area contributed by atoms with Crippen LogP contribution in [0, 0.1) is 0 Å². The monoisotopic (exact) mass is 500 g/mol. The number of pyridine rings is 2. The molecule has 1 aliphatic carbocycles. The average molecular weight is 501 g/mol. The summed E-state index contributed by atoms with van der Waals surface area (Å²) in [5, 5.41) is 0. The third-order valence-corrected chi connectivity index (χ3v) is 7.99. The Morgan fingerprint density at radius 3 is 1.28 bits per heavy atom. The van der Waals surface area contributed by atoms with Crippen LogP contribution < -0.4 is 0 Å². The van der Waals surface area contributed by atoms with E-state index in [9.17, 15) is 0 Å². The summed E-state index contributed by atoms with van der Waals surface area (Å²) in [6.45, 7) is 4.69. The molecule has 2 heterocycles. The highest BCUT2D eigenvalue weighted by atomic mass is 14.7. The van der Waals surface area contributed by atoms with Gasteiger partial charge in [-0.15, -0.1) is 0 Å². The van der Waals surface area contributed by atoms with Gasteiger partial charge in [-0.25, -0.2) is 0 Å². The zero-order valence-corrected chi connectivity index (χ0v) is 22.1. The van der Waals surface area contributed by atoms with Gasteiger partial charge in [0, 0.05) is 28.9 Å². The molecule has 2 aromatic heterocycles. The van der Waals surface area contributed by atoms with Gasteiger partial charge in [-0.1, -0.05) is 86.6 Å². The van der Waals surface area contributed by atoms with E-state index in [2.05, 4.69) is 121 Å². The molecule has 1 aliphatic rings. The van der Waals surface area contributed by atoms with Gasteiger partial charge in [0.25, 0.3) is 0 Å². The lowest BCUT2D eigenvalue weighted by Crippen LogP contribution is -2.15. The molecule has 0 aliphatic heterocycles. The highest BCUT2D eigenvalue weighted by molar-refractivity contribution is 5.86. The Bertz CT molecular complexity index is 1680. The second-order valence-electron chi connectivity index (χ2n) is 10.7. The number of rotatable bonds is 4. The van der Waals surface area contributed by atoms with Crippen LogP contribution in [-0.2, 0) is 5.41 Å². The molecule has 0 saturated carbocycles. The Balaban J connectivity index is 1.26. The van der Waals surface area contributed by atoms with Crippen molar-refractivity contribution in [1.29, 1.82) is 0 Å². The van der Waals surface area contributed by atoms with E-state index in [0.717, 1.165) is 22.5 Å². The molecule has 4 aromatic carbocycles. The first-order chi connectivity index (χ1) is 19.1. The van der Waals surface area contributed by atoms with Crippen LogP contribution in [0.1, 0.15) is 25.0 Å². The van der Waals surface area contributed by atoms with E-state index in [4.69, 9.17) is 0 Å². The number of benzene rings is 4. The second-order valence-corrected chi connectivity index (χ2v) is 10.7. The minimum atomic E-state index is -0.103. The maximum atomic E-state index is 4.54. The molecule has 0 N–H and O–H groups in total.